The van der Waals surface area contributed by atoms with Crippen LogP contribution in [0.5, 0.6) is 0 Å². The average molecular weight is 245 g/mol. The number of piperidine rings is 1. The minimum absolute atomic E-state index is 0.0671. The van der Waals surface area contributed by atoms with Crippen LogP contribution in [0.3, 0.4) is 0 Å². The van der Waals surface area contributed by atoms with Crippen molar-refractivity contribution in [1.29, 1.82) is 0 Å². The molecular formula is C14H19N3O. The fourth-order valence-corrected chi connectivity index (χ4v) is 2.24. The Hall–Kier alpha value is -1.68. The van der Waals surface area contributed by atoms with Crippen LogP contribution in [-0.4, -0.2) is 34.9 Å². The van der Waals surface area contributed by atoms with Gasteiger partial charge in [-0.05, 0) is 36.6 Å². The normalized spacial score (nSPS) is 17.3. The van der Waals surface area contributed by atoms with Gasteiger partial charge in [-0.2, -0.15) is 0 Å². The summed E-state index contributed by atoms with van der Waals surface area (Å²) < 4.78 is 0. The van der Waals surface area contributed by atoms with Crippen molar-refractivity contribution >= 4 is 5.91 Å². The van der Waals surface area contributed by atoms with Crippen LogP contribution in [0.25, 0.3) is 0 Å². The van der Waals surface area contributed by atoms with Crippen molar-refractivity contribution in [1.82, 2.24) is 15.2 Å². The van der Waals surface area contributed by atoms with Crippen molar-refractivity contribution < 1.29 is 4.79 Å². The first kappa shape index (κ1) is 12.8. The van der Waals surface area contributed by atoms with E-state index in [4.69, 9.17) is 0 Å². The first-order valence-electron chi connectivity index (χ1n) is 6.32. The van der Waals surface area contributed by atoms with Gasteiger partial charge in [0.1, 0.15) is 0 Å². The van der Waals surface area contributed by atoms with Crippen LogP contribution in [0.15, 0.2) is 37.2 Å². The van der Waals surface area contributed by atoms with Crippen LogP contribution in [0, 0.1) is 0 Å². The maximum atomic E-state index is 11.2. The molecule has 2 rings (SSSR count). The van der Waals surface area contributed by atoms with Crippen molar-refractivity contribution in [2.24, 2.45) is 0 Å². The number of carbonyl (C=O) groups is 1. The lowest BCUT2D eigenvalue weighted by Crippen LogP contribution is -2.43. The van der Waals surface area contributed by atoms with Crippen molar-refractivity contribution in [3.63, 3.8) is 0 Å². The highest BCUT2D eigenvalue weighted by Gasteiger charge is 2.19. The Morgan fingerprint density at radius 3 is 2.72 bits per heavy atom. The first-order valence-corrected chi connectivity index (χ1v) is 6.32. The van der Waals surface area contributed by atoms with E-state index in [0.29, 0.717) is 6.04 Å². The molecule has 96 valence electrons. The highest BCUT2D eigenvalue weighted by molar-refractivity contribution is 5.87. The highest BCUT2D eigenvalue weighted by Crippen LogP contribution is 2.13. The largest absolute Gasteiger partial charge is 0.350 e. The number of aromatic nitrogens is 1. The molecule has 4 heteroatoms. The Kier molecular flexibility index (Phi) is 4.47. The van der Waals surface area contributed by atoms with Crippen LogP contribution in [0.4, 0.5) is 0 Å². The predicted octanol–water partition coefficient (Wildman–Crippen LogP) is 1.35. The highest BCUT2D eigenvalue weighted by atomic mass is 16.1. The quantitative estimate of drug-likeness (QED) is 0.814. The van der Waals surface area contributed by atoms with E-state index in [9.17, 15) is 4.79 Å². The monoisotopic (exact) mass is 245 g/mol. The summed E-state index contributed by atoms with van der Waals surface area (Å²) in [6.45, 7) is 6.47. The molecular weight excluding hydrogens is 226 g/mol. The van der Waals surface area contributed by atoms with Gasteiger partial charge in [-0.25, -0.2) is 0 Å². The van der Waals surface area contributed by atoms with E-state index in [-0.39, 0.29) is 5.91 Å². The zero-order valence-corrected chi connectivity index (χ0v) is 10.5. The van der Waals surface area contributed by atoms with Gasteiger partial charge >= 0.3 is 0 Å². The predicted molar refractivity (Wildman–Crippen MR) is 70.9 cm³/mol. The summed E-state index contributed by atoms with van der Waals surface area (Å²) >= 11 is 0. The van der Waals surface area contributed by atoms with Crippen LogP contribution in [0.1, 0.15) is 18.4 Å². The van der Waals surface area contributed by atoms with Crippen molar-refractivity contribution in [3.05, 3.63) is 42.7 Å². The molecule has 1 aliphatic rings. The van der Waals surface area contributed by atoms with Gasteiger partial charge in [-0.1, -0.05) is 6.58 Å². The maximum absolute atomic E-state index is 11.2. The molecule has 0 radical (unpaired) electrons. The van der Waals surface area contributed by atoms with Gasteiger partial charge in [0.25, 0.3) is 0 Å². The number of hydrogen-bond donors (Lipinski definition) is 1. The number of rotatable bonds is 4. The van der Waals surface area contributed by atoms with Gasteiger partial charge in [0.15, 0.2) is 0 Å². The summed E-state index contributed by atoms with van der Waals surface area (Å²) in [5.41, 5.74) is 1.29. The molecule has 18 heavy (non-hydrogen) atoms. The summed E-state index contributed by atoms with van der Waals surface area (Å²) in [7, 11) is 0. The zero-order chi connectivity index (χ0) is 12.8. The Labute approximate surface area is 108 Å². The van der Waals surface area contributed by atoms with E-state index in [2.05, 4.69) is 21.8 Å². The van der Waals surface area contributed by atoms with Gasteiger partial charge in [-0.15, -0.1) is 0 Å². The van der Waals surface area contributed by atoms with Crippen molar-refractivity contribution in [2.45, 2.75) is 25.4 Å². The molecule has 0 bridgehead atoms. The Balaban J connectivity index is 1.77. The molecule has 0 aromatic carbocycles. The van der Waals surface area contributed by atoms with Crippen LogP contribution in [0.2, 0.25) is 0 Å². The molecule has 1 saturated heterocycles. The fraction of sp³-hybridized carbons (Fsp3) is 0.429. The molecule has 0 aliphatic carbocycles. The molecule has 0 unspecified atom stereocenters. The molecule has 2 heterocycles. The number of carbonyl (C=O) groups excluding carboxylic acids is 1. The van der Waals surface area contributed by atoms with E-state index < -0.39 is 0 Å². The molecule has 0 spiro atoms. The third-order valence-electron chi connectivity index (χ3n) is 3.27. The topological polar surface area (TPSA) is 45.2 Å². The Bertz CT molecular complexity index is 397. The molecule has 4 nitrogen and oxygen atoms in total. The van der Waals surface area contributed by atoms with E-state index >= 15 is 0 Å². The summed E-state index contributed by atoms with van der Waals surface area (Å²) in [5, 5.41) is 2.96. The van der Waals surface area contributed by atoms with Gasteiger partial charge < -0.3 is 5.32 Å². The smallest absolute Gasteiger partial charge is 0.243 e. The summed E-state index contributed by atoms with van der Waals surface area (Å²) in [4.78, 5) is 17.6. The molecule has 1 fully saturated rings. The number of nitrogens with zero attached hydrogens (tertiary/aromatic N) is 2. The number of amides is 1. The second-order valence-electron chi connectivity index (χ2n) is 4.62. The van der Waals surface area contributed by atoms with Crippen LogP contribution in [-0.2, 0) is 11.3 Å². The second-order valence-corrected chi connectivity index (χ2v) is 4.62. The lowest BCUT2D eigenvalue weighted by atomic mass is 10.0. The fourth-order valence-electron chi connectivity index (χ4n) is 2.24. The Morgan fingerprint density at radius 1 is 1.44 bits per heavy atom. The third-order valence-corrected chi connectivity index (χ3v) is 3.27. The number of hydrogen-bond acceptors (Lipinski definition) is 3. The molecule has 1 amide bonds. The molecule has 1 aromatic rings. The zero-order valence-electron chi connectivity index (χ0n) is 10.5. The summed E-state index contributed by atoms with van der Waals surface area (Å²) in [6, 6.07) is 4.39. The molecule has 1 N–H and O–H groups in total. The lowest BCUT2D eigenvalue weighted by molar-refractivity contribution is -0.117. The van der Waals surface area contributed by atoms with E-state index in [1.165, 1.54) is 11.6 Å². The number of likely N-dealkylation sites (tertiary alicyclic amines) is 1. The van der Waals surface area contributed by atoms with Gasteiger partial charge in [0.2, 0.25) is 5.91 Å². The molecule has 1 aromatic heterocycles. The van der Waals surface area contributed by atoms with Crippen LogP contribution >= 0.6 is 0 Å². The minimum Gasteiger partial charge on any atom is -0.350 e. The minimum atomic E-state index is -0.0671. The van der Waals surface area contributed by atoms with E-state index in [1.807, 2.05) is 24.5 Å². The molecule has 0 saturated carbocycles. The third kappa shape index (κ3) is 3.67. The lowest BCUT2D eigenvalue weighted by Gasteiger charge is -2.32. The van der Waals surface area contributed by atoms with E-state index in [1.54, 1.807) is 0 Å². The van der Waals surface area contributed by atoms with Crippen LogP contribution < -0.4 is 5.32 Å². The van der Waals surface area contributed by atoms with Crippen molar-refractivity contribution in [2.75, 3.05) is 13.1 Å². The number of pyridine rings is 1. The second kappa shape index (κ2) is 6.31. The first-order chi connectivity index (χ1) is 8.78. The summed E-state index contributed by atoms with van der Waals surface area (Å²) in [6.07, 6.45) is 7.00. The summed E-state index contributed by atoms with van der Waals surface area (Å²) in [5.74, 6) is -0.0671. The standard InChI is InChI=1S/C14H19N3O/c1-2-14(18)16-13-5-9-17(10-6-13)11-12-3-7-15-8-4-12/h2-4,7-8,13H,1,5-6,9-11H2,(H,16,18). The SMILES string of the molecule is C=CC(=O)NC1CCN(Cc2ccncc2)CC1. The maximum Gasteiger partial charge on any atom is 0.243 e. The molecule has 1 aliphatic heterocycles. The van der Waals surface area contributed by atoms with Gasteiger partial charge in [0, 0.05) is 38.1 Å². The van der Waals surface area contributed by atoms with Gasteiger partial charge in [-0.3, -0.25) is 14.7 Å². The van der Waals surface area contributed by atoms with E-state index in [0.717, 1.165) is 32.5 Å². The van der Waals surface area contributed by atoms with Gasteiger partial charge in [0.05, 0.1) is 0 Å². The average Bonchev–Trinajstić information content (AvgIpc) is 2.42. The molecule has 0 atom stereocenters. The Morgan fingerprint density at radius 2 is 2.11 bits per heavy atom. The number of nitrogens with one attached hydrogen (secondary N) is 1. The van der Waals surface area contributed by atoms with Crippen molar-refractivity contribution in [3.8, 4) is 0 Å².